The van der Waals surface area contributed by atoms with Crippen molar-refractivity contribution in [1.29, 1.82) is 0 Å². The molecule has 1 heterocycles. The van der Waals surface area contributed by atoms with Gasteiger partial charge < -0.3 is 19.4 Å². The number of benzene rings is 2. The van der Waals surface area contributed by atoms with Crippen LogP contribution in [0.3, 0.4) is 0 Å². The SMILES string of the molecule is O=C(/C=C/c1ccc(COc2ccc(F)cc2Cl)o1)c1ccc(O)cc1O. The molecular weight excluding hydrogens is 375 g/mol. The van der Waals surface area contributed by atoms with Gasteiger partial charge in [-0.1, -0.05) is 11.6 Å². The normalized spacial score (nSPS) is 11.0. The number of hydrogen-bond acceptors (Lipinski definition) is 5. The number of rotatable bonds is 6. The highest BCUT2D eigenvalue weighted by Crippen LogP contribution is 2.26. The van der Waals surface area contributed by atoms with Gasteiger partial charge in [0.1, 0.15) is 41.2 Å². The van der Waals surface area contributed by atoms with E-state index in [4.69, 9.17) is 20.8 Å². The van der Waals surface area contributed by atoms with Gasteiger partial charge in [-0.15, -0.1) is 0 Å². The number of carbonyl (C=O) groups is 1. The van der Waals surface area contributed by atoms with Crippen LogP contribution in [0.4, 0.5) is 4.39 Å². The standard InChI is InChI=1S/C20H14ClFO5/c21-17-9-12(22)1-8-20(17)26-11-15-4-3-14(27-15)5-7-18(24)16-6-2-13(23)10-19(16)25/h1-10,23,25H,11H2/b7-5+. The number of allylic oxidation sites excluding steroid dienone is 1. The largest absolute Gasteiger partial charge is 0.508 e. The Morgan fingerprint density at radius 2 is 1.96 bits per heavy atom. The highest BCUT2D eigenvalue weighted by Gasteiger charge is 2.10. The Morgan fingerprint density at radius 3 is 2.70 bits per heavy atom. The maximum atomic E-state index is 13.0. The molecule has 5 nitrogen and oxygen atoms in total. The summed E-state index contributed by atoms with van der Waals surface area (Å²) in [4.78, 5) is 12.1. The van der Waals surface area contributed by atoms with Gasteiger partial charge in [-0.2, -0.15) is 0 Å². The highest BCUT2D eigenvalue weighted by atomic mass is 35.5. The van der Waals surface area contributed by atoms with Gasteiger partial charge in [0.05, 0.1) is 10.6 Å². The average Bonchev–Trinajstić information content (AvgIpc) is 3.07. The molecule has 27 heavy (non-hydrogen) atoms. The zero-order valence-corrected chi connectivity index (χ0v) is 14.6. The predicted octanol–water partition coefficient (Wildman–Crippen LogP) is 4.96. The predicted molar refractivity (Wildman–Crippen MR) is 97.6 cm³/mol. The molecule has 0 aliphatic heterocycles. The highest BCUT2D eigenvalue weighted by molar-refractivity contribution is 6.32. The van der Waals surface area contributed by atoms with E-state index < -0.39 is 11.6 Å². The summed E-state index contributed by atoms with van der Waals surface area (Å²) in [5.41, 5.74) is 0.0603. The van der Waals surface area contributed by atoms with Crippen LogP contribution in [-0.4, -0.2) is 16.0 Å². The van der Waals surface area contributed by atoms with Gasteiger partial charge in [-0.3, -0.25) is 4.79 Å². The Hall–Kier alpha value is -3.25. The van der Waals surface area contributed by atoms with Crippen molar-refractivity contribution in [2.24, 2.45) is 0 Å². The molecule has 1 aromatic heterocycles. The van der Waals surface area contributed by atoms with Gasteiger partial charge in [0, 0.05) is 6.07 Å². The minimum absolute atomic E-state index is 0.0603. The lowest BCUT2D eigenvalue weighted by Crippen LogP contribution is -1.95. The minimum atomic E-state index is -0.456. The summed E-state index contributed by atoms with van der Waals surface area (Å²) < 4.78 is 24.0. The number of carbonyl (C=O) groups excluding carboxylic acids is 1. The topological polar surface area (TPSA) is 79.9 Å². The Morgan fingerprint density at radius 1 is 1.15 bits per heavy atom. The summed E-state index contributed by atoms with van der Waals surface area (Å²) in [6, 6.07) is 10.8. The van der Waals surface area contributed by atoms with Crippen LogP contribution in [0.15, 0.2) is 59.0 Å². The Bertz CT molecular complexity index is 1010. The van der Waals surface area contributed by atoms with Crippen LogP contribution in [-0.2, 0) is 6.61 Å². The first-order valence-electron chi connectivity index (χ1n) is 7.83. The molecule has 0 atom stereocenters. The third-order valence-corrected chi connectivity index (χ3v) is 3.89. The number of aromatic hydroxyl groups is 2. The van der Waals surface area contributed by atoms with Crippen LogP contribution in [0.5, 0.6) is 17.2 Å². The fraction of sp³-hybridized carbons (Fsp3) is 0.0500. The van der Waals surface area contributed by atoms with Crippen molar-refractivity contribution in [2.45, 2.75) is 6.61 Å². The summed E-state index contributed by atoms with van der Waals surface area (Å²) in [7, 11) is 0. The van der Waals surface area contributed by atoms with Crippen LogP contribution in [0.1, 0.15) is 21.9 Å². The molecule has 0 amide bonds. The Labute approximate surface area is 158 Å². The lowest BCUT2D eigenvalue weighted by molar-refractivity contribution is 0.104. The van der Waals surface area contributed by atoms with Gasteiger partial charge in [-0.25, -0.2) is 4.39 Å². The van der Waals surface area contributed by atoms with Crippen LogP contribution in [0, 0.1) is 5.82 Å². The van der Waals surface area contributed by atoms with Gasteiger partial charge in [0.25, 0.3) is 0 Å². The first-order chi connectivity index (χ1) is 12.9. The number of phenols is 2. The third kappa shape index (κ3) is 4.68. The van der Waals surface area contributed by atoms with Crippen molar-refractivity contribution in [3.63, 3.8) is 0 Å². The summed E-state index contributed by atoms with van der Waals surface area (Å²) >= 11 is 5.89. The average molecular weight is 389 g/mol. The number of phenolic OH excluding ortho intramolecular Hbond substituents is 2. The molecular formula is C20H14ClFO5. The fourth-order valence-corrected chi connectivity index (χ4v) is 2.50. The number of halogens is 2. The monoisotopic (exact) mass is 388 g/mol. The van der Waals surface area contributed by atoms with E-state index in [1.165, 1.54) is 36.4 Å². The number of furan rings is 1. The van der Waals surface area contributed by atoms with Crippen LogP contribution < -0.4 is 4.74 Å². The van der Waals surface area contributed by atoms with E-state index in [-0.39, 0.29) is 28.7 Å². The first-order valence-corrected chi connectivity index (χ1v) is 8.21. The molecule has 3 rings (SSSR count). The van der Waals surface area contributed by atoms with E-state index in [1.807, 2.05) is 0 Å². The molecule has 2 aromatic carbocycles. The number of hydrogen-bond donors (Lipinski definition) is 2. The van der Waals surface area contributed by atoms with Crippen molar-refractivity contribution in [3.05, 3.63) is 82.5 Å². The number of ether oxygens (including phenoxy) is 1. The minimum Gasteiger partial charge on any atom is -0.508 e. The second-order valence-electron chi connectivity index (χ2n) is 5.57. The second-order valence-corrected chi connectivity index (χ2v) is 5.97. The lowest BCUT2D eigenvalue weighted by atomic mass is 10.1. The van der Waals surface area contributed by atoms with E-state index in [1.54, 1.807) is 12.1 Å². The quantitative estimate of drug-likeness (QED) is 0.461. The summed E-state index contributed by atoms with van der Waals surface area (Å²) in [5, 5.41) is 19.1. The van der Waals surface area contributed by atoms with Gasteiger partial charge in [0.2, 0.25) is 0 Å². The molecule has 7 heteroatoms. The lowest BCUT2D eigenvalue weighted by Gasteiger charge is -2.06. The van der Waals surface area contributed by atoms with Crippen LogP contribution >= 0.6 is 11.6 Å². The Kier molecular flexibility index (Phi) is 5.47. The van der Waals surface area contributed by atoms with E-state index in [2.05, 4.69) is 0 Å². The molecule has 0 saturated heterocycles. The molecule has 2 N–H and O–H groups in total. The fourth-order valence-electron chi connectivity index (χ4n) is 2.28. The van der Waals surface area contributed by atoms with E-state index in [0.717, 1.165) is 12.1 Å². The maximum absolute atomic E-state index is 13.0. The van der Waals surface area contributed by atoms with E-state index in [0.29, 0.717) is 17.3 Å². The molecule has 0 unspecified atom stereocenters. The molecule has 0 radical (unpaired) electrons. The van der Waals surface area contributed by atoms with Crippen LogP contribution in [0.2, 0.25) is 5.02 Å². The third-order valence-electron chi connectivity index (χ3n) is 3.59. The van der Waals surface area contributed by atoms with Crippen molar-refractivity contribution >= 4 is 23.5 Å². The van der Waals surface area contributed by atoms with Crippen molar-refractivity contribution in [2.75, 3.05) is 0 Å². The molecule has 0 spiro atoms. The zero-order valence-electron chi connectivity index (χ0n) is 13.9. The molecule has 0 bridgehead atoms. The van der Waals surface area contributed by atoms with Gasteiger partial charge >= 0.3 is 0 Å². The van der Waals surface area contributed by atoms with Crippen LogP contribution in [0.25, 0.3) is 6.08 Å². The first kappa shape index (κ1) is 18.5. The molecule has 0 saturated carbocycles. The molecule has 0 aliphatic carbocycles. The maximum Gasteiger partial charge on any atom is 0.189 e. The van der Waals surface area contributed by atoms with Crippen molar-refractivity contribution < 1.29 is 28.6 Å². The smallest absolute Gasteiger partial charge is 0.189 e. The molecule has 0 fully saturated rings. The van der Waals surface area contributed by atoms with Gasteiger partial charge in [0.15, 0.2) is 5.78 Å². The zero-order chi connectivity index (χ0) is 19.4. The summed E-state index contributed by atoms with van der Waals surface area (Å²) in [5.74, 6) is -0.133. The van der Waals surface area contributed by atoms with Crippen molar-refractivity contribution in [1.82, 2.24) is 0 Å². The van der Waals surface area contributed by atoms with Gasteiger partial charge in [-0.05, 0) is 54.6 Å². The molecule has 0 aliphatic rings. The van der Waals surface area contributed by atoms with E-state index >= 15 is 0 Å². The number of ketones is 1. The van der Waals surface area contributed by atoms with E-state index in [9.17, 15) is 19.4 Å². The summed E-state index contributed by atoms with van der Waals surface area (Å²) in [6.07, 6.45) is 2.69. The molecule has 3 aromatic rings. The van der Waals surface area contributed by atoms with Crippen molar-refractivity contribution in [3.8, 4) is 17.2 Å². The summed E-state index contributed by atoms with van der Waals surface area (Å²) in [6.45, 7) is 0.0753. The second kappa shape index (κ2) is 7.97. The molecule has 138 valence electrons. The Balaban J connectivity index is 1.63.